The fraction of sp³-hybridized carbons (Fsp3) is 0.200. The molecule has 12 heavy (non-hydrogen) atoms. The van der Waals surface area contributed by atoms with E-state index in [9.17, 15) is 4.79 Å². The van der Waals surface area contributed by atoms with E-state index >= 15 is 0 Å². The van der Waals surface area contributed by atoms with Gasteiger partial charge in [-0.1, -0.05) is 0 Å². The molecule has 7 heteroatoms. The Balaban J connectivity index is 2.68. The highest BCUT2D eigenvalue weighted by atomic mass is 16.1. The fourth-order valence-electron chi connectivity index (χ4n) is 0.932. The van der Waals surface area contributed by atoms with Crippen molar-refractivity contribution in [1.82, 2.24) is 29.9 Å². The van der Waals surface area contributed by atoms with Gasteiger partial charge < -0.3 is 0 Å². The van der Waals surface area contributed by atoms with Crippen molar-refractivity contribution >= 4 is 0 Å². The molecule has 0 fully saturated rings. The lowest BCUT2D eigenvalue weighted by Crippen LogP contribution is -2.17. The number of nitrogens with zero attached hydrogens (tertiary/aromatic N) is 4. The largest absolute Gasteiger partial charge is 0.350 e. The Hall–Kier alpha value is -1.92. The summed E-state index contributed by atoms with van der Waals surface area (Å²) in [6.45, 7) is 1.69. The number of aromatic amines is 2. The summed E-state index contributed by atoms with van der Waals surface area (Å²) in [5.41, 5.74) is -0.329. The van der Waals surface area contributed by atoms with Gasteiger partial charge in [0.1, 0.15) is 12.2 Å². The molecule has 0 atom stereocenters. The maximum atomic E-state index is 11.1. The summed E-state index contributed by atoms with van der Waals surface area (Å²) >= 11 is 0. The molecule has 2 N–H and O–H groups in total. The first-order chi connectivity index (χ1) is 5.79. The second-order valence-electron chi connectivity index (χ2n) is 2.22. The van der Waals surface area contributed by atoms with Crippen LogP contribution in [0.3, 0.4) is 0 Å². The maximum Gasteiger partial charge on any atom is 0.350 e. The molecule has 0 amide bonds. The Labute approximate surface area is 66.5 Å². The first kappa shape index (κ1) is 6.77. The summed E-state index contributed by atoms with van der Waals surface area (Å²) in [5, 5.41) is 12.2. The third kappa shape index (κ3) is 0.831. The highest BCUT2D eigenvalue weighted by molar-refractivity contribution is 5.08. The fourth-order valence-corrected chi connectivity index (χ4v) is 0.932. The summed E-state index contributed by atoms with van der Waals surface area (Å²) in [4.78, 5) is 14.9. The molecule has 0 saturated carbocycles. The molecule has 62 valence electrons. The minimum Gasteiger partial charge on any atom is -0.246 e. The van der Waals surface area contributed by atoms with E-state index in [2.05, 4.69) is 25.4 Å². The van der Waals surface area contributed by atoms with Crippen LogP contribution in [-0.2, 0) is 0 Å². The van der Waals surface area contributed by atoms with Gasteiger partial charge in [0.15, 0.2) is 0 Å². The van der Waals surface area contributed by atoms with Crippen LogP contribution in [0.15, 0.2) is 11.1 Å². The number of hydrogen-bond donors (Lipinski definition) is 2. The zero-order valence-electron chi connectivity index (χ0n) is 6.27. The van der Waals surface area contributed by atoms with Gasteiger partial charge in [-0.3, -0.25) is 0 Å². The molecular weight excluding hydrogens is 160 g/mol. The SMILES string of the molecule is Cc1n[nH]c(=O)n1-c1ncn[nH]1. The standard InChI is InChI=1S/C5H6N6O/c1-3-8-10-5(12)11(3)4-6-2-7-9-4/h2H,1H3,(H,10,12)(H,6,7,9). The Morgan fingerprint density at radius 2 is 2.33 bits per heavy atom. The molecule has 0 aliphatic heterocycles. The zero-order chi connectivity index (χ0) is 8.55. The Kier molecular flexibility index (Phi) is 1.29. The van der Waals surface area contributed by atoms with Gasteiger partial charge in [-0.05, 0) is 6.92 Å². The third-order valence-corrected chi connectivity index (χ3v) is 1.45. The number of H-pyrrole nitrogens is 2. The van der Waals surface area contributed by atoms with Crippen molar-refractivity contribution in [2.45, 2.75) is 6.92 Å². The van der Waals surface area contributed by atoms with E-state index in [0.29, 0.717) is 11.8 Å². The smallest absolute Gasteiger partial charge is 0.246 e. The average molecular weight is 166 g/mol. The molecule has 0 aromatic carbocycles. The van der Waals surface area contributed by atoms with Gasteiger partial charge in [-0.15, -0.1) is 0 Å². The number of aryl methyl sites for hydroxylation is 1. The number of hydrogen-bond acceptors (Lipinski definition) is 4. The topological polar surface area (TPSA) is 92.2 Å². The van der Waals surface area contributed by atoms with E-state index in [4.69, 9.17) is 0 Å². The van der Waals surface area contributed by atoms with E-state index in [-0.39, 0.29) is 5.69 Å². The van der Waals surface area contributed by atoms with Crippen molar-refractivity contribution in [3.05, 3.63) is 22.6 Å². The van der Waals surface area contributed by atoms with E-state index in [0.717, 1.165) is 0 Å². The van der Waals surface area contributed by atoms with E-state index in [1.54, 1.807) is 6.92 Å². The summed E-state index contributed by atoms with van der Waals surface area (Å²) in [7, 11) is 0. The molecule has 0 unspecified atom stereocenters. The Morgan fingerprint density at radius 3 is 2.83 bits per heavy atom. The van der Waals surface area contributed by atoms with E-state index in [1.807, 2.05) is 0 Å². The molecule has 0 radical (unpaired) electrons. The van der Waals surface area contributed by atoms with Crippen LogP contribution >= 0.6 is 0 Å². The number of rotatable bonds is 1. The predicted molar refractivity (Wildman–Crippen MR) is 38.9 cm³/mol. The van der Waals surface area contributed by atoms with Gasteiger partial charge >= 0.3 is 5.69 Å². The highest BCUT2D eigenvalue weighted by Crippen LogP contribution is 1.94. The molecule has 0 saturated heterocycles. The molecule has 2 heterocycles. The second-order valence-corrected chi connectivity index (χ2v) is 2.22. The molecule has 0 aliphatic rings. The van der Waals surface area contributed by atoms with Crippen molar-refractivity contribution in [3.8, 4) is 5.95 Å². The quantitative estimate of drug-likeness (QED) is 0.567. The number of aromatic nitrogens is 6. The van der Waals surface area contributed by atoms with Gasteiger partial charge in [0.25, 0.3) is 0 Å². The molecule has 0 spiro atoms. The molecule has 7 nitrogen and oxygen atoms in total. The average Bonchev–Trinajstić information content (AvgIpc) is 2.61. The van der Waals surface area contributed by atoms with Crippen LogP contribution in [0, 0.1) is 6.92 Å². The molecule has 2 aromatic heterocycles. The van der Waals surface area contributed by atoms with Crippen LogP contribution in [0.1, 0.15) is 5.82 Å². The van der Waals surface area contributed by atoms with Crippen LogP contribution in [0.4, 0.5) is 0 Å². The Morgan fingerprint density at radius 1 is 1.50 bits per heavy atom. The van der Waals surface area contributed by atoms with Crippen molar-refractivity contribution < 1.29 is 0 Å². The van der Waals surface area contributed by atoms with Gasteiger partial charge in [0, 0.05) is 0 Å². The summed E-state index contributed by atoms with van der Waals surface area (Å²) in [6, 6.07) is 0. The molecule has 2 rings (SSSR count). The lowest BCUT2D eigenvalue weighted by atomic mass is 10.7. The minimum atomic E-state index is -0.329. The second kappa shape index (κ2) is 2.29. The highest BCUT2D eigenvalue weighted by Gasteiger charge is 2.07. The van der Waals surface area contributed by atoms with Crippen molar-refractivity contribution in [2.75, 3.05) is 0 Å². The van der Waals surface area contributed by atoms with Gasteiger partial charge in [-0.2, -0.15) is 15.2 Å². The lowest BCUT2D eigenvalue weighted by Gasteiger charge is -1.93. The summed E-state index contributed by atoms with van der Waals surface area (Å²) < 4.78 is 1.30. The van der Waals surface area contributed by atoms with Crippen LogP contribution in [0.25, 0.3) is 5.95 Å². The molecule has 0 aliphatic carbocycles. The van der Waals surface area contributed by atoms with Crippen molar-refractivity contribution in [2.24, 2.45) is 0 Å². The Bertz CT molecular complexity index is 423. The van der Waals surface area contributed by atoms with Crippen LogP contribution in [0.5, 0.6) is 0 Å². The maximum absolute atomic E-state index is 11.1. The zero-order valence-corrected chi connectivity index (χ0v) is 6.27. The van der Waals surface area contributed by atoms with Gasteiger partial charge in [0.05, 0.1) is 0 Å². The van der Waals surface area contributed by atoms with Crippen LogP contribution < -0.4 is 5.69 Å². The van der Waals surface area contributed by atoms with E-state index in [1.165, 1.54) is 10.9 Å². The normalized spacial score (nSPS) is 10.4. The first-order valence-corrected chi connectivity index (χ1v) is 3.29. The van der Waals surface area contributed by atoms with Crippen molar-refractivity contribution in [3.63, 3.8) is 0 Å². The van der Waals surface area contributed by atoms with Crippen LogP contribution in [-0.4, -0.2) is 29.9 Å². The molecular formula is C5H6N6O. The van der Waals surface area contributed by atoms with Gasteiger partial charge in [0.2, 0.25) is 5.95 Å². The van der Waals surface area contributed by atoms with Crippen LogP contribution in [0.2, 0.25) is 0 Å². The van der Waals surface area contributed by atoms with Crippen molar-refractivity contribution in [1.29, 1.82) is 0 Å². The van der Waals surface area contributed by atoms with E-state index < -0.39 is 0 Å². The monoisotopic (exact) mass is 166 g/mol. The molecule has 2 aromatic rings. The predicted octanol–water partition coefficient (Wildman–Crippen LogP) is -1.01. The summed E-state index contributed by atoms with van der Waals surface area (Å²) in [5.74, 6) is 0.906. The molecule has 0 bridgehead atoms. The minimum absolute atomic E-state index is 0.329. The number of nitrogens with one attached hydrogen (secondary N) is 2. The third-order valence-electron chi connectivity index (χ3n) is 1.45. The first-order valence-electron chi connectivity index (χ1n) is 3.29. The van der Waals surface area contributed by atoms with Gasteiger partial charge in [-0.25, -0.2) is 19.6 Å². The lowest BCUT2D eigenvalue weighted by molar-refractivity contribution is 0.863. The summed E-state index contributed by atoms with van der Waals surface area (Å²) in [6.07, 6.45) is 1.33.